The van der Waals surface area contributed by atoms with Crippen LogP contribution in [0.5, 0.6) is 0 Å². The van der Waals surface area contributed by atoms with Crippen molar-refractivity contribution in [3.8, 4) is 0 Å². The fraction of sp³-hybridized carbons (Fsp3) is 0.727. The molecule has 2 N–H and O–H groups in total. The van der Waals surface area contributed by atoms with Crippen molar-refractivity contribution in [1.82, 2.24) is 15.1 Å². The molecule has 0 bridgehead atoms. The predicted molar refractivity (Wildman–Crippen MR) is 69.8 cm³/mol. The number of amides is 1. The van der Waals surface area contributed by atoms with Crippen LogP contribution in [0.1, 0.15) is 36.0 Å². The molecule has 2 heterocycles. The number of nitrogens with one attached hydrogen (secondary N) is 1. The fourth-order valence-electron chi connectivity index (χ4n) is 1.82. The molecule has 100 valence electrons. The average Bonchev–Trinajstić information content (AvgIpc) is 2.85. The van der Waals surface area contributed by atoms with Crippen molar-refractivity contribution in [2.75, 3.05) is 25.0 Å². The van der Waals surface area contributed by atoms with Crippen LogP contribution in [0.4, 0.5) is 5.13 Å². The van der Waals surface area contributed by atoms with Crippen molar-refractivity contribution >= 4 is 22.4 Å². The highest BCUT2D eigenvalue weighted by molar-refractivity contribution is 7.17. The molecule has 1 fully saturated rings. The Hall–Kier alpha value is -1.21. The Bertz CT molecular complexity index is 402. The van der Waals surface area contributed by atoms with Gasteiger partial charge in [-0.25, -0.2) is 0 Å². The molecule has 6 nitrogen and oxygen atoms in total. The number of hydrogen-bond acceptors (Lipinski definition) is 6. The van der Waals surface area contributed by atoms with E-state index in [1.807, 2.05) is 0 Å². The monoisotopic (exact) mass is 270 g/mol. The molecule has 1 aliphatic heterocycles. The summed E-state index contributed by atoms with van der Waals surface area (Å²) in [6.07, 6.45) is 2.02. The predicted octanol–water partition coefficient (Wildman–Crippen LogP) is 0.957. The molecule has 1 saturated heterocycles. The lowest BCUT2D eigenvalue weighted by molar-refractivity contribution is 0.0545. The summed E-state index contributed by atoms with van der Waals surface area (Å²) in [6, 6.07) is 0. The Balaban J connectivity index is 1.94. The standard InChI is InChI=1S/C11H18N4O2S/c1-2-5-12-11-14-13-9(18-11)10(17)15-6-3-8(16)4-7-15/h8,16H,2-7H2,1H3,(H,12,14). The number of carbonyl (C=O) groups excluding carboxylic acids is 1. The van der Waals surface area contributed by atoms with Gasteiger partial charge in [0, 0.05) is 19.6 Å². The highest BCUT2D eigenvalue weighted by Gasteiger charge is 2.24. The maximum atomic E-state index is 12.1. The number of aliphatic hydroxyl groups is 1. The second-order valence-corrected chi connectivity index (χ2v) is 5.34. The van der Waals surface area contributed by atoms with E-state index in [-0.39, 0.29) is 12.0 Å². The Morgan fingerprint density at radius 2 is 2.22 bits per heavy atom. The van der Waals surface area contributed by atoms with E-state index in [2.05, 4.69) is 22.4 Å². The SMILES string of the molecule is CCCNc1nnc(C(=O)N2CCC(O)CC2)s1. The minimum Gasteiger partial charge on any atom is -0.393 e. The van der Waals surface area contributed by atoms with Gasteiger partial charge < -0.3 is 15.3 Å². The number of anilines is 1. The van der Waals surface area contributed by atoms with Gasteiger partial charge in [0.1, 0.15) is 0 Å². The lowest BCUT2D eigenvalue weighted by Gasteiger charge is -2.28. The Morgan fingerprint density at radius 1 is 1.50 bits per heavy atom. The van der Waals surface area contributed by atoms with Gasteiger partial charge in [-0.15, -0.1) is 10.2 Å². The van der Waals surface area contributed by atoms with Gasteiger partial charge in [0.25, 0.3) is 5.91 Å². The summed E-state index contributed by atoms with van der Waals surface area (Å²) in [4.78, 5) is 13.9. The largest absolute Gasteiger partial charge is 0.393 e. The molecule has 18 heavy (non-hydrogen) atoms. The Morgan fingerprint density at radius 3 is 2.89 bits per heavy atom. The minimum absolute atomic E-state index is 0.0797. The summed E-state index contributed by atoms with van der Waals surface area (Å²) in [5, 5.41) is 21.5. The van der Waals surface area contributed by atoms with Crippen molar-refractivity contribution in [3.05, 3.63) is 5.01 Å². The zero-order chi connectivity index (χ0) is 13.0. The van der Waals surface area contributed by atoms with E-state index in [1.54, 1.807) is 4.90 Å². The van der Waals surface area contributed by atoms with E-state index in [1.165, 1.54) is 11.3 Å². The van der Waals surface area contributed by atoms with Crippen LogP contribution in [0.2, 0.25) is 0 Å². The first-order valence-electron chi connectivity index (χ1n) is 6.25. The van der Waals surface area contributed by atoms with Crippen molar-refractivity contribution in [2.24, 2.45) is 0 Å². The molecule has 0 aliphatic carbocycles. The quantitative estimate of drug-likeness (QED) is 0.852. The molecular formula is C11H18N4O2S. The average molecular weight is 270 g/mol. The zero-order valence-corrected chi connectivity index (χ0v) is 11.2. The van der Waals surface area contributed by atoms with Crippen LogP contribution in [0.3, 0.4) is 0 Å². The van der Waals surface area contributed by atoms with Crippen LogP contribution >= 0.6 is 11.3 Å². The summed E-state index contributed by atoms with van der Waals surface area (Å²) in [7, 11) is 0. The maximum absolute atomic E-state index is 12.1. The lowest BCUT2D eigenvalue weighted by Crippen LogP contribution is -2.40. The first-order valence-corrected chi connectivity index (χ1v) is 7.07. The fourth-order valence-corrected chi connectivity index (χ4v) is 2.55. The first kappa shape index (κ1) is 13.2. The summed E-state index contributed by atoms with van der Waals surface area (Å²) in [5.41, 5.74) is 0. The molecule has 0 radical (unpaired) electrons. The summed E-state index contributed by atoms with van der Waals surface area (Å²) in [6.45, 7) is 4.09. The number of piperidine rings is 1. The number of rotatable bonds is 4. The molecule has 0 unspecified atom stereocenters. The van der Waals surface area contributed by atoms with Crippen molar-refractivity contribution < 1.29 is 9.90 Å². The van der Waals surface area contributed by atoms with Crippen LogP contribution in [0.15, 0.2) is 0 Å². The molecule has 1 aromatic heterocycles. The molecule has 2 rings (SSSR count). The van der Waals surface area contributed by atoms with Crippen LogP contribution in [0.25, 0.3) is 0 Å². The van der Waals surface area contributed by atoms with E-state index in [4.69, 9.17) is 0 Å². The van der Waals surface area contributed by atoms with Crippen LogP contribution in [0, 0.1) is 0 Å². The highest BCUT2D eigenvalue weighted by atomic mass is 32.1. The molecule has 0 saturated carbocycles. The topological polar surface area (TPSA) is 78.4 Å². The third-order valence-corrected chi connectivity index (χ3v) is 3.75. The first-order chi connectivity index (χ1) is 8.70. The molecule has 1 aliphatic rings. The molecule has 0 atom stereocenters. The van der Waals surface area contributed by atoms with Gasteiger partial charge >= 0.3 is 0 Å². The van der Waals surface area contributed by atoms with Gasteiger partial charge in [0.15, 0.2) is 0 Å². The molecule has 0 spiro atoms. The third-order valence-electron chi connectivity index (χ3n) is 2.89. The molecule has 7 heteroatoms. The number of hydrogen-bond donors (Lipinski definition) is 2. The second kappa shape index (κ2) is 6.10. The lowest BCUT2D eigenvalue weighted by atomic mass is 10.1. The van der Waals surface area contributed by atoms with Crippen molar-refractivity contribution in [1.29, 1.82) is 0 Å². The zero-order valence-electron chi connectivity index (χ0n) is 10.4. The van der Waals surface area contributed by atoms with Gasteiger partial charge in [-0.2, -0.15) is 0 Å². The number of nitrogens with zero attached hydrogens (tertiary/aromatic N) is 3. The summed E-state index contributed by atoms with van der Waals surface area (Å²) < 4.78 is 0. The van der Waals surface area contributed by atoms with E-state index in [9.17, 15) is 9.90 Å². The van der Waals surface area contributed by atoms with Gasteiger partial charge in [-0.05, 0) is 19.3 Å². The number of carbonyl (C=O) groups is 1. The van der Waals surface area contributed by atoms with Gasteiger partial charge in [0.2, 0.25) is 10.1 Å². The normalized spacial score (nSPS) is 16.9. The number of aromatic nitrogens is 2. The summed E-state index contributed by atoms with van der Waals surface area (Å²) in [5.74, 6) is -0.0797. The molecule has 0 aromatic carbocycles. The second-order valence-electron chi connectivity index (χ2n) is 4.36. The van der Waals surface area contributed by atoms with Crippen molar-refractivity contribution in [3.63, 3.8) is 0 Å². The maximum Gasteiger partial charge on any atom is 0.284 e. The van der Waals surface area contributed by atoms with E-state index >= 15 is 0 Å². The summed E-state index contributed by atoms with van der Waals surface area (Å²) >= 11 is 1.29. The van der Waals surface area contributed by atoms with E-state index < -0.39 is 0 Å². The molecule has 1 aromatic rings. The van der Waals surface area contributed by atoms with E-state index in [0.29, 0.717) is 36.1 Å². The number of likely N-dealkylation sites (tertiary alicyclic amines) is 1. The van der Waals surface area contributed by atoms with E-state index in [0.717, 1.165) is 13.0 Å². The van der Waals surface area contributed by atoms with Crippen molar-refractivity contribution in [2.45, 2.75) is 32.3 Å². The molecule has 1 amide bonds. The smallest absolute Gasteiger partial charge is 0.284 e. The number of aliphatic hydroxyl groups excluding tert-OH is 1. The Kier molecular flexibility index (Phi) is 4.48. The van der Waals surface area contributed by atoms with Gasteiger partial charge in [0.05, 0.1) is 6.10 Å². The minimum atomic E-state index is -0.273. The van der Waals surface area contributed by atoms with Gasteiger partial charge in [-0.3, -0.25) is 4.79 Å². The van der Waals surface area contributed by atoms with Crippen LogP contribution < -0.4 is 5.32 Å². The van der Waals surface area contributed by atoms with Gasteiger partial charge in [-0.1, -0.05) is 18.3 Å². The molecular weight excluding hydrogens is 252 g/mol. The third kappa shape index (κ3) is 3.17. The van der Waals surface area contributed by atoms with Crippen LogP contribution in [-0.2, 0) is 0 Å². The Labute approximate surface area is 110 Å². The van der Waals surface area contributed by atoms with Crippen LogP contribution in [-0.4, -0.2) is 51.8 Å². The highest BCUT2D eigenvalue weighted by Crippen LogP contribution is 2.19.